The second-order valence-corrected chi connectivity index (χ2v) is 9.61. The van der Waals surface area contributed by atoms with E-state index in [-0.39, 0.29) is 11.6 Å². The Hall–Kier alpha value is -3.14. The van der Waals surface area contributed by atoms with Gasteiger partial charge in [0, 0.05) is 36.5 Å². The molecule has 0 spiro atoms. The van der Waals surface area contributed by atoms with Crippen molar-refractivity contribution < 1.29 is 13.2 Å². The third-order valence-corrected chi connectivity index (χ3v) is 7.69. The van der Waals surface area contributed by atoms with Gasteiger partial charge in [0.05, 0.1) is 5.69 Å². The van der Waals surface area contributed by atoms with Crippen LogP contribution in [-0.4, -0.2) is 38.1 Å². The van der Waals surface area contributed by atoms with Crippen molar-refractivity contribution in [3.8, 4) is 11.1 Å². The van der Waals surface area contributed by atoms with Crippen LogP contribution in [0.2, 0.25) is 0 Å². The van der Waals surface area contributed by atoms with Crippen molar-refractivity contribution >= 4 is 28.1 Å². The first-order chi connectivity index (χ1) is 16.0. The third kappa shape index (κ3) is 3.43. The van der Waals surface area contributed by atoms with Crippen LogP contribution in [-0.2, 0) is 0 Å². The Morgan fingerprint density at radius 1 is 1.03 bits per heavy atom. The number of hydrogen-bond acceptors (Lipinski definition) is 6. The molecule has 1 N–H and O–H groups in total. The van der Waals surface area contributed by atoms with Crippen LogP contribution in [0.25, 0.3) is 16.8 Å². The number of nitrogens with one attached hydrogen (secondary N) is 1. The molecule has 0 radical (unpaired) electrons. The summed E-state index contributed by atoms with van der Waals surface area (Å²) in [5.74, 6) is -2.57. The lowest BCUT2D eigenvalue weighted by Crippen LogP contribution is -2.48. The SMILES string of the molecule is Cc1cc(N2C[C@H]3CC[C@@H](C2)[C@@H]3Nc2nc3c(-c4ccc(F)c(F)c4F)cccn3n2)sn1. The summed E-state index contributed by atoms with van der Waals surface area (Å²) in [6, 6.07) is 7.84. The van der Waals surface area contributed by atoms with Gasteiger partial charge in [0.25, 0.3) is 0 Å². The van der Waals surface area contributed by atoms with Crippen molar-refractivity contribution in [3.05, 3.63) is 59.7 Å². The van der Waals surface area contributed by atoms with Gasteiger partial charge in [0.2, 0.25) is 5.95 Å². The lowest BCUT2D eigenvalue weighted by atomic mass is 9.92. The summed E-state index contributed by atoms with van der Waals surface area (Å²) in [6.07, 6.45) is 3.97. The summed E-state index contributed by atoms with van der Waals surface area (Å²) in [5.41, 5.74) is 1.74. The molecule has 0 amide bonds. The molecule has 3 aromatic heterocycles. The fourth-order valence-electron chi connectivity index (χ4n) is 5.20. The molecule has 1 aliphatic heterocycles. The largest absolute Gasteiger partial charge is 0.361 e. The first kappa shape index (κ1) is 20.5. The second kappa shape index (κ2) is 7.72. The molecule has 3 atom stereocenters. The maximum Gasteiger partial charge on any atom is 0.243 e. The maximum atomic E-state index is 14.4. The van der Waals surface area contributed by atoms with Gasteiger partial charge in [-0.25, -0.2) is 17.7 Å². The molecular weight excluding hydrogens is 449 g/mol. The van der Waals surface area contributed by atoms with E-state index in [9.17, 15) is 13.2 Å². The normalized spacial score (nSPS) is 22.3. The molecule has 6 rings (SSSR count). The maximum absolute atomic E-state index is 14.4. The molecule has 2 aliphatic rings. The highest BCUT2D eigenvalue weighted by Crippen LogP contribution is 2.41. The molecular formula is C23H21F3N6S. The van der Waals surface area contributed by atoms with Crippen LogP contribution in [0.3, 0.4) is 0 Å². The number of halogens is 3. The van der Waals surface area contributed by atoms with Crippen LogP contribution >= 0.6 is 11.5 Å². The summed E-state index contributed by atoms with van der Waals surface area (Å²) in [7, 11) is 0. The molecule has 1 aliphatic carbocycles. The van der Waals surface area contributed by atoms with Crippen LogP contribution in [0.5, 0.6) is 0 Å². The van der Waals surface area contributed by atoms with E-state index in [1.165, 1.54) is 15.6 Å². The summed E-state index contributed by atoms with van der Waals surface area (Å²) < 4.78 is 47.6. The van der Waals surface area contributed by atoms with Crippen LogP contribution in [0.4, 0.5) is 24.1 Å². The summed E-state index contributed by atoms with van der Waals surface area (Å²) in [5, 5.41) is 9.25. The van der Waals surface area contributed by atoms with Gasteiger partial charge in [-0.2, -0.15) is 9.36 Å². The van der Waals surface area contributed by atoms with Crippen molar-refractivity contribution in [1.82, 2.24) is 19.0 Å². The highest BCUT2D eigenvalue weighted by Gasteiger charge is 2.43. The Morgan fingerprint density at radius 2 is 1.82 bits per heavy atom. The first-order valence-electron chi connectivity index (χ1n) is 10.9. The van der Waals surface area contributed by atoms with Gasteiger partial charge in [-0.15, -0.1) is 5.10 Å². The van der Waals surface area contributed by atoms with Gasteiger partial charge in [0.1, 0.15) is 5.00 Å². The zero-order valence-electron chi connectivity index (χ0n) is 17.8. The average Bonchev–Trinajstić information content (AvgIpc) is 3.48. The number of fused-ring (bicyclic) bond motifs is 3. The second-order valence-electron chi connectivity index (χ2n) is 8.83. The molecule has 1 saturated heterocycles. The van der Waals surface area contributed by atoms with Gasteiger partial charge in [-0.1, -0.05) is 0 Å². The van der Waals surface area contributed by atoms with Gasteiger partial charge in [-0.05, 0) is 73.5 Å². The van der Waals surface area contributed by atoms with Gasteiger partial charge >= 0.3 is 0 Å². The fraction of sp³-hybridized carbons (Fsp3) is 0.348. The van der Waals surface area contributed by atoms with Crippen LogP contribution in [0.15, 0.2) is 36.5 Å². The van der Waals surface area contributed by atoms with E-state index in [1.54, 1.807) is 29.9 Å². The topological polar surface area (TPSA) is 58.4 Å². The Labute approximate surface area is 192 Å². The van der Waals surface area contributed by atoms with Crippen molar-refractivity contribution in [3.63, 3.8) is 0 Å². The molecule has 2 bridgehead atoms. The Kier molecular flexibility index (Phi) is 4.79. The highest BCUT2D eigenvalue weighted by molar-refractivity contribution is 7.10. The van der Waals surface area contributed by atoms with E-state index >= 15 is 0 Å². The van der Waals surface area contributed by atoms with Crippen molar-refractivity contribution in [2.75, 3.05) is 23.3 Å². The van der Waals surface area contributed by atoms with Crippen molar-refractivity contribution in [2.24, 2.45) is 11.8 Å². The molecule has 4 heterocycles. The molecule has 4 aromatic rings. The number of anilines is 2. The Balaban J connectivity index is 1.28. The number of nitrogens with zero attached hydrogens (tertiary/aromatic N) is 5. The van der Waals surface area contributed by atoms with Crippen LogP contribution in [0, 0.1) is 36.2 Å². The summed E-state index contributed by atoms with van der Waals surface area (Å²) >= 11 is 1.55. The van der Waals surface area contributed by atoms with E-state index in [1.807, 2.05) is 6.92 Å². The first-order valence-corrected chi connectivity index (χ1v) is 11.7. The number of benzene rings is 1. The number of pyridine rings is 1. The van der Waals surface area contributed by atoms with E-state index in [4.69, 9.17) is 0 Å². The molecule has 33 heavy (non-hydrogen) atoms. The lowest BCUT2D eigenvalue weighted by Gasteiger charge is -2.38. The zero-order valence-corrected chi connectivity index (χ0v) is 18.6. The number of aryl methyl sites for hydroxylation is 1. The predicted octanol–water partition coefficient (Wildman–Crippen LogP) is 4.91. The van der Waals surface area contributed by atoms with Crippen molar-refractivity contribution in [1.29, 1.82) is 0 Å². The third-order valence-electron chi connectivity index (χ3n) is 6.74. The monoisotopic (exact) mass is 470 g/mol. The molecule has 1 saturated carbocycles. The van der Waals surface area contributed by atoms with E-state index in [2.05, 4.69) is 30.7 Å². The zero-order chi connectivity index (χ0) is 22.7. The number of piperidine rings is 1. The van der Waals surface area contributed by atoms with Crippen molar-refractivity contribution in [2.45, 2.75) is 25.8 Å². The standard InChI is InChI=1S/C23H21F3N6S/c1-12-9-18(33-30-12)31-10-13-4-5-14(11-31)21(13)27-23-28-22-16(3-2-8-32(22)29-23)15-6-7-17(24)20(26)19(15)25/h2-3,6-9,13-14,21H,4-5,10-11H2,1H3,(H,27,29)/t13-,14+,21-. The minimum absolute atomic E-state index is 0.0494. The quantitative estimate of drug-likeness (QED) is 0.430. The average molecular weight is 471 g/mol. The number of aromatic nitrogens is 4. The molecule has 0 unspecified atom stereocenters. The fourth-order valence-corrected chi connectivity index (χ4v) is 5.98. The highest BCUT2D eigenvalue weighted by atomic mass is 32.1. The molecule has 10 heteroatoms. The Bertz CT molecular complexity index is 1340. The van der Waals surface area contributed by atoms with E-state index < -0.39 is 17.5 Å². The molecule has 2 fully saturated rings. The van der Waals surface area contributed by atoms with Crippen LogP contribution in [0.1, 0.15) is 18.5 Å². The smallest absolute Gasteiger partial charge is 0.243 e. The molecule has 1 aromatic carbocycles. The molecule has 170 valence electrons. The van der Waals surface area contributed by atoms with Crippen LogP contribution < -0.4 is 10.2 Å². The minimum Gasteiger partial charge on any atom is -0.361 e. The van der Waals surface area contributed by atoms with Gasteiger partial charge in [-0.3, -0.25) is 0 Å². The van der Waals surface area contributed by atoms with Gasteiger partial charge < -0.3 is 10.2 Å². The summed E-state index contributed by atoms with van der Waals surface area (Å²) in [6.45, 7) is 3.92. The Morgan fingerprint density at radius 3 is 2.55 bits per heavy atom. The number of rotatable bonds is 4. The molecule has 6 nitrogen and oxygen atoms in total. The van der Waals surface area contributed by atoms with E-state index in [0.717, 1.165) is 37.7 Å². The summed E-state index contributed by atoms with van der Waals surface area (Å²) in [4.78, 5) is 7.01. The minimum atomic E-state index is -1.49. The van der Waals surface area contributed by atoms with Gasteiger partial charge in [0.15, 0.2) is 23.1 Å². The van der Waals surface area contributed by atoms with E-state index in [0.29, 0.717) is 29.0 Å². The number of hydrogen-bond donors (Lipinski definition) is 1. The lowest BCUT2D eigenvalue weighted by molar-refractivity contribution is 0.377. The predicted molar refractivity (Wildman–Crippen MR) is 121 cm³/mol.